The minimum absolute atomic E-state index is 0.260. The Morgan fingerprint density at radius 3 is 0.614 bits per heavy atom. The zero-order valence-corrected chi connectivity index (χ0v) is 57.8. The number of hydrogen-bond acceptors (Lipinski definition) is 4. The van der Waals surface area contributed by atoms with Gasteiger partial charge in [-0.3, -0.25) is 0 Å². The number of carboxylic acids is 4. The Bertz CT molecular complexity index is 2680. The molecule has 0 aromatic rings. The van der Waals surface area contributed by atoms with Crippen LogP contribution in [0.1, 0.15) is 216 Å². The third-order valence-electron chi connectivity index (χ3n) is 16.5. The molecule has 8 heteroatoms. The van der Waals surface area contributed by atoms with Gasteiger partial charge in [0, 0.05) is 24.3 Å². The Kier molecular flexibility index (Phi) is 34.7. The molecule has 0 fully saturated rings. The van der Waals surface area contributed by atoms with Gasteiger partial charge in [-0.2, -0.15) is 0 Å². The summed E-state index contributed by atoms with van der Waals surface area (Å²) in [6, 6.07) is 0. The topological polar surface area (TPSA) is 149 Å². The van der Waals surface area contributed by atoms with E-state index in [0.717, 1.165) is 44.6 Å². The van der Waals surface area contributed by atoms with Gasteiger partial charge in [-0.05, 0) is 226 Å². The van der Waals surface area contributed by atoms with Crippen LogP contribution in [0.5, 0.6) is 0 Å². The molecule has 0 unspecified atom stereocenters. The second-order valence-electron chi connectivity index (χ2n) is 27.0. The average Bonchev–Trinajstić information content (AvgIpc) is 2.38. The van der Waals surface area contributed by atoms with Crippen LogP contribution in [0.15, 0.2) is 235 Å². The Hall–Kier alpha value is -7.32. The zero-order valence-electron chi connectivity index (χ0n) is 57.8. The van der Waals surface area contributed by atoms with Crippen molar-refractivity contribution in [2.45, 2.75) is 216 Å². The SMILES string of the molecule is CC1=C(/C=C/C(C)=C/C=C/C(C)=C\C(=O)O)C(C)(C)CCC1.CC1=C(/C=C/C(C)=C/C=C/C(C)=C\C(=O)O)C(C)(C)CCC1.CC1=C(/C=C/C(C)=C/C=C/C(C)=C\C(=O)O)C(C)(C)CCC1.CC1=C(/C=C/C(C)=C/C=C/C(C)=C\C(=O)O)C(C)(C)CCC1. The molecule has 0 saturated carbocycles. The maximum atomic E-state index is 10.5. The van der Waals surface area contributed by atoms with Crippen molar-refractivity contribution in [3.05, 3.63) is 235 Å². The highest BCUT2D eigenvalue weighted by Crippen LogP contribution is 2.44. The lowest BCUT2D eigenvalue weighted by Crippen LogP contribution is -2.19. The molecule has 8 nitrogen and oxygen atoms in total. The molecule has 0 aromatic heterocycles. The third-order valence-corrected chi connectivity index (χ3v) is 16.5. The van der Waals surface area contributed by atoms with Gasteiger partial charge in [0.2, 0.25) is 0 Å². The van der Waals surface area contributed by atoms with Crippen LogP contribution in [0.2, 0.25) is 0 Å². The molecule has 0 amide bonds. The van der Waals surface area contributed by atoms with Crippen LogP contribution in [0.25, 0.3) is 0 Å². The van der Waals surface area contributed by atoms with E-state index in [4.69, 9.17) is 20.4 Å². The largest absolute Gasteiger partial charge is 0.478 e. The van der Waals surface area contributed by atoms with E-state index in [1.165, 1.54) is 146 Å². The van der Waals surface area contributed by atoms with E-state index in [1.54, 1.807) is 52.0 Å². The van der Waals surface area contributed by atoms with E-state index >= 15 is 0 Å². The third kappa shape index (κ3) is 32.6. The van der Waals surface area contributed by atoms with Crippen molar-refractivity contribution >= 4 is 23.9 Å². The molecular weight excluding hydrogens is 1090 g/mol. The summed E-state index contributed by atoms with van der Waals surface area (Å²) in [6.45, 7) is 42.8. The Labute approximate surface area is 533 Å². The van der Waals surface area contributed by atoms with E-state index in [1.807, 2.05) is 48.6 Å². The number of hydrogen-bond donors (Lipinski definition) is 4. The van der Waals surface area contributed by atoms with Gasteiger partial charge in [0.25, 0.3) is 0 Å². The summed E-state index contributed by atoms with van der Waals surface area (Å²) in [5.41, 5.74) is 20.4. The first-order valence-corrected chi connectivity index (χ1v) is 31.5. The molecule has 0 atom stereocenters. The molecule has 0 aliphatic heterocycles. The van der Waals surface area contributed by atoms with Gasteiger partial charge < -0.3 is 20.4 Å². The number of rotatable bonds is 20. The highest BCUT2D eigenvalue weighted by Gasteiger charge is 2.29. The summed E-state index contributed by atoms with van der Waals surface area (Å²) < 4.78 is 0. The molecular formula is C80H112O8. The highest BCUT2D eigenvalue weighted by atomic mass is 16.4. The van der Waals surface area contributed by atoms with E-state index in [2.05, 4.69) is 159 Å². The van der Waals surface area contributed by atoms with Gasteiger partial charge in [0.05, 0.1) is 0 Å². The van der Waals surface area contributed by atoms with Crippen LogP contribution in [0.4, 0.5) is 0 Å². The summed E-state index contributed by atoms with van der Waals surface area (Å²) >= 11 is 0. The summed E-state index contributed by atoms with van der Waals surface area (Å²) in [5, 5.41) is 34.6. The van der Waals surface area contributed by atoms with Crippen LogP contribution >= 0.6 is 0 Å². The van der Waals surface area contributed by atoms with Gasteiger partial charge in [0.15, 0.2) is 0 Å². The molecule has 4 N–H and O–H groups in total. The fraction of sp³-hybridized carbons (Fsp3) is 0.450. The van der Waals surface area contributed by atoms with E-state index < -0.39 is 23.9 Å². The highest BCUT2D eigenvalue weighted by molar-refractivity contribution is 5.82. The minimum Gasteiger partial charge on any atom is -0.478 e. The summed E-state index contributed by atoms with van der Waals surface area (Å²) in [5.74, 6) is -3.65. The predicted molar refractivity (Wildman–Crippen MR) is 375 cm³/mol. The van der Waals surface area contributed by atoms with Crippen LogP contribution in [-0.4, -0.2) is 44.3 Å². The Morgan fingerprint density at radius 1 is 0.295 bits per heavy atom. The molecule has 480 valence electrons. The van der Waals surface area contributed by atoms with Crippen LogP contribution in [-0.2, 0) is 19.2 Å². The van der Waals surface area contributed by atoms with Crippen LogP contribution < -0.4 is 0 Å². The standard InChI is InChI=1S/4C20H28O2/c4*1-15(8-6-9-16(2)14-19(21)22)11-12-18-17(3)10-7-13-20(18,4)5/h4*6,8-9,11-12,14H,7,10,13H2,1-5H3,(H,21,22)/b4*9-6+,12-11+,15-8+,16-14-. The maximum Gasteiger partial charge on any atom is 0.328 e. The molecule has 0 bridgehead atoms. The lowest BCUT2D eigenvalue weighted by Gasteiger charge is -2.33. The maximum absolute atomic E-state index is 10.5. The Morgan fingerprint density at radius 2 is 0.466 bits per heavy atom. The van der Waals surface area contributed by atoms with Crippen molar-refractivity contribution < 1.29 is 39.6 Å². The van der Waals surface area contributed by atoms with Crippen molar-refractivity contribution in [3.8, 4) is 0 Å². The molecule has 4 aliphatic carbocycles. The molecule has 0 aromatic carbocycles. The first-order chi connectivity index (χ1) is 40.9. The number of carboxylic acid groups (broad SMARTS) is 4. The Balaban J connectivity index is 0.000000587. The van der Waals surface area contributed by atoms with Gasteiger partial charge >= 0.3 is 23.9 Å². The molecule has 0 spiro atoms. The van der Waals surface area contributed by atoms with Crippen molar-refractivity contribution in [2.24, 2.45) is 21.7 Å². The number of allylic oxidation sites excluding steroid dienone is 36. The molecule has 0 radical (unpaired) electrons. The van der Waals surface area contributed by atoms with Crippen molar-refractivity contribution in [1.29, 1.82) is 0 Å². The number of carbonyl (C=O) groups is 4. The second kappa shape index (κ2) is 38.8. The van der Waals surface area contributed by atoms with Gasteiger partial charge in [-0.15, -0.1) is 0 Å². The molecule has 0 saturated heterocycles. The zero-order chi connectivity index (χ0) is 67.0. The second-order valence-corrected chi connectivity index (χ2v) is 27.0. The quantitative estimate of drug-likeness (QED) is 0.0695. The molecule has 4 rings (SSSR count). The van der Waals surface area contributed by atoms with E-state index in [-0.39, 0.29) is 21.7 Å². The number of aliphatic carboxylic acids is 4. The first kappa shape index (κ1) is 78.7. The molecule has 0 heterocycles. The van der Waals surface area contributed by atoms with Crippen LogP contribution in [0, 0.1) is 21.7 Å². The molecule has 4 aliphatic rings. The van der Waals surface area contributed by atoms with Gasteiger partial charge in [0.1, 0.15) is 0 Å². The van der Waals surface area contributed by atoms with Crippen molar-refractivity contribution in [1.82, 2.24) is 0 Å². The van der Waals surface area contributed by atoms with Gasteiger partial charge in [-0.25, -0.2) is 19.2 Å². The molecule has 88 heavy (non-hydrogen) atoms. The van der Waals surface area contributed by atoms with Crippen LogP contribution in [0.3, 0.4) is 0 Å². The average molecular weight is 1200 g/mol. The van der Waals surface area contributed by atoms with Crippen molar-refractivity contribution in [2.75, 3.05) is 0 Å². The predicted octanol–water partition coefficient (Wildman–Crippen LogP) is 22.4. The van der Waals surface area contributed by atoms with E-state index in [9.17, 15) is 19.2 Å². The first-order valence-electron chi connectivity index (χ1n) is 31.5. The summed E-state index contributed by atoms with van der Waals surface area (Å²) in [6.07, 6.45) is 60.0. The van der Waals surface area contributed by atoms with Gasteiger partial charge in [-0.1, -0.05) is 221 Å². The lowest BCUT2D eigenvalue weighted by atomic mass is 9.72. The van der Waals surface area contributed by atoms with Crippen molar-refractivity contribution in [3.63, 3.8) is 0 Å². The lowest BCUT2D eigenvalue weighted by molar-refractivity contribution is -0.132. The fourth-order valence-electron chi connectivity index (χ4n) is 11.5. The smallest absolute Gasteiger partial charge is 0.328 e. The summed E-state index contributed by atoms with van der Waals surface area (Å²) in [7, 11) is 0. The monoisotopic (exact) mass is 1200 g/mol. The fourth-order valence-corrected chi connectivity index (χ4v) is 11.5. The normalized spacial score (nSPS) is 20.2. The van der Waals surface area contributed by atoms with E-state index in [0.29, 0.717) is 0 Å². The summed E-state index contributed by atoms with van der Waals surface area (Å²) in [4.78, 5) is 42.1. The minimum atomic E-state index is -0.912.